The normalized spacial score (nSPS) is 21.9. The van der Waals surface area contributed by atoms with Gasteiger partial charge in [-0.1, -0.05) is 42.2 Å². The quantitative estimate of drug-likeness (QED) is 0.0414. The number of phenolic OH excluding ortho intramolecular Hbond substituents is 1. The lowest BCUT2D eigenvalue weighted by molar-refractivity contribution is -0.318. The SMILES string of the molecule is Cc1cc(C)cc(-c2c3[nH]ccc3cn2O[C@@H]2[C@@H](Oc3ccc4c(=O)c(-c5ccc(O)cc5)coc4c3)O[C@@H]([C@@H](O)OC(=O)[C@H](C(=O)O)[C@H](CCO)NC3CCCC3)[C@H](O)[C@H]2O)c1. The van der Waals surface area contributed by atoms with Crippen molar-refractivity contribution in [2.24, 2.45) is 5.92 Å². The van der Waals surface area contributed by atoms with Crippen molar-refractivity contribution in [3.63, 3.8) is 0 Å². The number of aliphatic carboxylic acids is 1. The lowest BCUT2D eigenvalue weighted by Crippen LogP contribution is -2.65. The highest BCUT2D eigenvalue weighted by atomic mass is 16.8. The molecule has 4 heterocycles. The first-order chi connectivity index (χ1) is 30.3. The number of esters is 1. The van der Waals surface area contributed by atoms with Crippen LogP contribution >= 0.6 is 0 Å². The van der Waals surface area contributed by atoms with Gasteiger partial charge in [-0.2, -0.15) is 4.73 Å². The van der Waals surface area contributed by atoms with Crippen LogP contribution in [0.2, 0.25) is 0 Å². The number of carbonyl (C=O) groups excluding carboxylic acids is 1. The van der Waals surface area contributed by atoms with Crippen LogP contribution in [0, 0.1) is 19.8 Å². The smallest absolute Gasteiger partial charge is 0.324 e. The van der Waals surface area contributed by atoms with Crippen LogP contribution in [-0.2, 0) is 19.1 Å². The number of aromatic nitrogens is 2. The first-order valence-corrected chi connectivity index (χ1v) is 20.8. The Morgan fingerprint density at radius 1 is 0.968 bits per heavy atom. The highest BCUT2D eigenvalue weighted by Crippen LogP contribution is 2.34. The summed E-state index contributed by atoms with van der Waals surface area (Å²) in [6.07, 6.45) is -3.43. The molecule has 0 bridgehead atoms. The number of H-pyrrole nitrogens is 1. The van der Waals surface area contributed by atoms with E-state index in [4.69, 9.17) is 23.5 Å². The number of fused-ring (bicyclic) bond motifs is 2. The number of aliphatic hydroxyl groups is 4. The zero-order chi connectivity index (χ0) is 44.5. The Hall–Kier alpha value is -6.21. The van der Waals surface area contributed by atoms with E-state index in [1.54, 1.807) is 24.5 Å². The van der Waals surface area contributed by atoms with Crippen LogP contribution in [0.25, 0.3) is 44.3 Å². The Morgan fingerprint density at radius 2 is 1.70 bits per heavy atom. The lowest BCUT2D eigenvalue weighted by atomic mass is 9.95. The molecule has 0 radical (unpaired) electrons. The third-order valence-corrected chi connectivity index (χ3v) is 11.7. The van der Waals surface area contributed by atoms with Crippen molar-refractivity contribution in [3.05, 3.63) is 107 Å². The molecule has 1 aliphatic heterocycles. The van der Waals surface area contributed by atoms with Gasteiger partial charge in [-0.25, -0.2) is 0 Å². The molecule has 8 atom stereocenters. The van der Waals surface area contributed by atoms with E-state index in [0.717, 1.165) is 47.8 Å². The zero-order valence-electron chi connectivity index (χ0n) is 34.4. The van der Waals surface area contributed by atoms with Gasteiger partial charge in [0.25, 0.3) is 0 Å². The van der Waals surface area contributed by atoms with Crippen LogP contribution in [-0.4, -0.2) is 108 Å². The van der Waals surface area contributed by atoms with Gasteiger partial charge in [-0.05, 0) is 81.1 Å². The molecule has 3 aromatic carbocycles. The number of carboxylic acid groups (broad SMARTS) is 1. The van der Waals surface area contributed by atoms with Gasteiger partial charge in [0.1, 0.15) is 41.2 Å². The summed E-state index contributed by atoms with van der Waals surface area (Å²) in [5, 5.41) is 68.5. The highest BCUT2D eigenvalue weighted by molar-refractivity contribution is 5.95. The molecule has 1 saturated heterocycles. The first-order valence-electron chi connectivity index (χ1n) is 20.8. The van der Waals surface area contributed by atoms with Gasteiger partial charge < -0.3 is 64.4 Å². The summed E-state index contributed by atoms with van der Waals surface area (Å²) in [4.78, 5) is 49.3. The molecule has 63 heavy (non-hydrogen) atoms. The second-order valence-corrected chi connectivity index (χ2v) is 16.2. The van der Waals surface area contributed by atoms with E-state index in [1.807, 2.05) is 38.1 Å². The van der Waals surface area contributed by atoms with Crippen LogP contribution in [0.1, 0.15) is 43.2 Å². The van der Waals surface area contributed by atoms with Gasteiger partial charge in [-0.3, -0.25) is 14.4 Å². The van der Waals surface area contributed by atoms with E-state index in [1.165, 1.54) is 41.3 Å². The minimum Gasteiger partial charge on any atom is -0.508 e. The van der Waals surface area contributed by atoms with Gasteiger partial charge in [0.15, 0.2) is 17.5 Å². The van der Waals surface area contributed by atoms with Crippen molar-refractivity contribution in [2.75, 3.05) is 6.61 Å². The molecule has 1 saturated carbocycles. The van der Waals surface area contributed by atoms with Gasteiger partial charge >= 0.3 is 11.9 Å². The van der Waals surface area contributed by atoms with Gasteiger partial charge in [0, 0.05) is 41.9 Å². The Bertz CT molecular complexity index is 2630. The number of ether oxygens (including phenoxy) is 3. The maximum atomic E-state index is 13.6. The standard InChI is InChI=1S/C46H49N3O14/c1-23-17-24(2)19-27(18-23)37-36-26(13-15-47-36)21-49(37)63-42-40(54)39(53)41(45(58)62-44(57)35(43(55)56)33(14-16-50)48-28-5-3-4-6-28)61-46(42)60-30-11-12-31-34(20-30)59-22-32(38(31)52)25-7-9-29(51)10-8-25/h7-13,15,17-22,28,33,35,39-42,45-48,50-51,53-54,58H,3-6,14,16H2,1-2H3,(H,55,56)/t33-,35-,39+,40+,41+,42-,45-,46-/m0/s1. The molecule has 2 fully saturated rings. The molecule has 332 valence electrons. The molecule has 6 aromatic rings. The van der Waals surface area contributed by atoms with E-state index >= 15 is 0 Å². The van der Waals surface area contributed by atoms with Crippen molar-refractivity contribution in [2.45, 2.75) is 95.0 Å². The van der Waals surface area contributed by atoms with Crippen LogP contribution in [0.3, 0.4) is 0 Å². The fourth-order valence-corrected chi connectivity index (χ4v) is 8.63. The van der Waals surface area contributed by atoms with E-state index in [0.29, 0.717) is 16.8 Å². The summed E-state index contributed by atoms with van der Waals surface area (Å²) in [5.41, 5.74) is 4.49. The summed E-state index contributed by atoms with van der Waals surface area (Å²) < 4.78 is 24.9. The summed E-state index contributed by atoms with van der Waals surface area (Å²) in [5.74, 6) is -4.71. The molecule has 17 heteroatoms. The summed E-state index contributed by atoms with van der Waals surface area (Å²) in [6.45, 7) is 3.47. The van der Waals surface area contributed by atoms with Crippen LogP contribution in [0.15, 0.2) is 94.6 Å². The fraction of sp³-hybridized carbons (Fsp3) is 0.370. The van der Waals surface area contributed by atoms with Crippen molar-refractivity contribution < 1.29 is 63.7 Å². The molecule has 2 aliphatic rings. The summed E-state index contributed by atoms with van der Waals surface area (Å²) in [6, 6.07) is 17.0. The van der Waals surface area contributed by atoms with Crippen LogP contribution < -0.4 is 20.3 Å². The van der Waals surface area contributed by atoms with E-state index in [2.05, 4.69) is 10.3 Å². The largest absolute Gasteiger partial charge is 0.508 e. The average Bonchev–Trinajstić information content (AvgIpc) is 4.00. The average molecular weight is 868 g/mol. The Balaban J connectivity index is 1.11. The van der Waals surface area contributed by atoms with Crippen LogP contribution in [0.4, 0.5) is 0 Å². The summed E-state index contributed by atoms with van der Waals surface area (Å²) >= 11 is 0. The molecule has 17 nitrogen and oxygen atoms in total. The minimum absolute atomic E-state index is 0.0300. The monoisotopic (exact) mass is 867 g/mol. The minimum atomic E-state index is -2.33. The number of nitrogens with zero attached hydrogens (tertiary/aromatic N) is 1. The highest BCUT2D eigenvalue weighted by Gasteiger charge is 2.52. The molecule has 8 rings (SSSR count). The molecule has 0 unspecified atom stereocenters. The number of carboxylic acids is 1. The maximum absolute atomic E-state index is 13.6. The van der Waals surface area contributed by atoms with Crippen molar-refractivity contribution in [1.82, 2.24) is 15.0 Å². The second kappa shape index (κ2) is 18.3. The lowest BCUT2D eigenvalue weighted by Gasteiger charge is -2.43. The maximum Gasteiger partial charge on any atom is 0.324 e. The van der Waals surface area contributed by atoms with Gasteiger partial charge in [-0.15, -0.1) is 0 Å². The molecular weight excluding hydrogens is 819 g/mol. The Labute approximate surface area is 360 Å². The van der Waals surface area contributed by atoms with Crippen molar-refractivity contribution >= 4 is 33.8 Å². The van der Waals surface area contributed by atoms with Crippen LogP contribution in [0.5, 0.6) is 11.5 Å². The van der Waals surface area contributed by atoms with Gasteiger partial charge in [0.05, 0.1) is 22.7 Å². The third kappa shape index (κ3) is 9.02. The Morgan fingerprint density at radius 3 is 2.40 bits per heavy atom. The second-order valence-electron chi connectivity index (χ2n) is 16.2. The summed E-state index contributed by atoms with van der Waals surface area (Å²) in [7, 11) is 0. The number of phenols is 1. The number of hydrogen-bond acceptors (Lipinski definition) is 14. The van der Waals surface area contributed by atoms with Crippen molar-refractivity contribution in [1.29, 1.82) is 0 Å². The third-order valence-electron chi connectivity index (χ3n) is 11.7. The number of aliphatic hydroxyl groups excluding tert-OH is 4. The predicted molar refractivity (Wildman–Crippen MR) is 227 cm³/mol. The number of aromatic hydroxyl groups is 1. The molecule has 0 spiro atoms. The number of benzene rings is 3. The zero-order valence-corrected chi connectivity index (χ0v) is 34.4. The number of rotatable bonds is 15. The number of aryl methyl sites for hydroxylation is 2. The van der Waals surface area contributed by atoms with E-state index in [-0.39, 0.29) is 45.9 Å². The molecule has 0 amide bonds. The number of aromatic amines is 1. The number of carbonyl (C=O) groups is 2. The molecule has 8 N–H and O–H groups in total. The first kappa shape index (κ1) is 43.4. The van der Waals surface area contributed by atoms with Gasteiger partial charge in [0.2, 0.25) is 18.7 Å². The van der Waals surface area contributed by atoms with Crippen molar-refractivity contribution in [3.8, 4) is 33.9 Å². The molecule has 3 aromatic heterocycles. The van der Waals surface area contributed by atoms with E-state index < -0.39 is 67.5 Å². The number of hydrogen-bond donors (Lipinski definition) is 8. The fourth-order valence-electron chi connectivity index (χ4n) is 8.63. The number of nitrogens with one attached hydrogen (secondary N) is 2. The topological polar surface area (TPSA) is 255 Å². The molecular formula is C46H49N3O14. The molecule has 1 aliphatic carbocycles. The predicted octanol–water partition coefficient (Wildman–Crippen LogP) is 3.90. The van der Waals surface area contributed by atoms with E-state index in [9.17, 15) is 45.0 Å². The Kier molecular flexibility index (Phi) is 12.6.